The maximum Gasteiger partial charge on any atom is 0.0250 e. The average Bonchev–Trinajstić information content (AvgIpc) is 2.52. The first-order chi connectivity index (χ1) is 6.29. The fourth-order valence-corrected chi connectivity index (χ4v) is 3.00. The zero-order valence-corrected chi connectivity index (χ0v) is 8.71. The lowest BCUT2D eigenvalue weighted by atomic mass is 9.89. The molecule has 0 spiro atoms. The fourth-order valence-electron chi connectivity index (χ4n) is 3.00. The van der Waals surface area contributed by atoms with Crippen molar-refractivity contribution >= 4 is 0 Å². The summed E-state index contributed by atoms with van der Waals surface area (Å²) in [6.45, 7) is 3.65. The molecule has 2 fully saturated rings. The minimum atomic E-state index is 0.453. The van der Waals surface area contributed by atoms with E-state index in [0.29, 0.717) is 12.1 Å². The Labute approximate surface area is 81.5 Å². The molecule has 1 saturated heterocycles. The zero-order chi connectivity index (χ0) is 9.26. The van der Waals surface area contributed by atoms with Crippen molar-refractivity contribution < 1.29 is 0 Å². The predicted octanol–water partition coefficient (Wildman–Crippen LogP) is 1.74. The third-order valence-electron chi connectivity index (χ3n) is 3.81. The molecule has 2 heteroatoms. The smallest absolute Gasteiger partial charge is 0.0250 e. The van der Waals surface area contributed by atoms with Crippen LogP contribution in [0.15, 0.2) is 0 Å². The summed E-state index contributed by atoms with van der Waals surface area (Å²) in [6, 6.07) is 1.94. The molecule has 1 unspecified atom stereocenters. The number of hydrogen-bond acceptors (Lipinski definition) is 2. The highest BCUT2D eigenvalue weighted by Gasteiger charge is 2.32. The number of rotatable bonds is 1. The van der Waals surface area contributed by atoms with Crippen LogP contribution in [0.3, 0.4) is 0 Å². The molecule has 13 heavy (non-hydrogen) atoms. The number of nitrogens with zero attached hydrogens (tertiary/aromatic N) is 1. The molecule has 1 aliphatic heterocycles. The topological polar surface area (TPSA) is 29.3 Å². The molecule has 0 bridgehead atoms. The van der Waals surface area contributed by atoms with E-state index in [2.05, 4.69) is 11.8 Å². The van der Waals surface area contributed by atoms with Gasteiger partial charge in [0, 0.05) is 18.1 Å². The van der Waals surface area contributed by atoms with E-state index < -0.39 is 0 Å². The molecule has 0 aromatic rings. The van der Waals surface area contributed by atoms with Crippen LogP contribution in [0.25, 0.3) is 0 Å². The lowest BCUT2D eigenvalue weighted by Gasteiger charge is -2.38. The van der Waals surface area contributed by atoms with Crippen LogP contribution in [0.1, 0.15) is 45.4 Å². The molecular formula is C11H22N2. The van der Waals surface area contributed by atoms with Gasteiger partial charge in [0.05, 0.1) is 0 Å². The van der Waals surface area contributed by atoms with E-state index in [-0.39, 0.29) is 0 Å². The Morgan fingerprint density at radius 1 is 1.08 bits per heavy atom. The molecule has 0 aromatic carbocycles. The summed E-state index contributed by atoms with van der Waals surface area (Å²) in [6.07, 6.45) is 8.08. The van der Waals surface area contributed by atoms with Gasteiger partial charge in [-0.15, -0.1) is 0 Å². The van der Waals surface area contributed by atoms with Crippen LogP contribution in [0.4, 0.5) is 0 Å². The summed E-state index contributed by atoms with van der Waals surface area (Å²) in [5.74, 6) is 0. The van der Waals surface area contributed by atoms with Crippen molar-refractivity contribution in [3.63, 3.8) is 0 Å². The zero-order valence-electron chi connectivity index (χ0n) is 8.71. The molecule has 2 N–H and O–H groups in total. The monoisotopic (exact) mass is 182 g/mol. The second-order valence-corrected chi connectivity index (χ2v) is 4.74. The van der Waals surface area contributed by atoms with Gasteiger partial charge < -0.3 is 5.73 Å². The molecule has 1 saturated carbocycles. The second-order valence-electron chi connectivity index (χ2n) is 4.74. The second kappa shape index (κ2) is 3.97. The Hall–Kier alpha value is -0.0800. The molecule has 76 valence electrons. The van der Waals surface area contributed by atoms with Gasteiger partial charge in [-0.05, 0) is 39.2 Å². The average molecular weight is 182 g/mol. The Morgan fingerprint density at radius 2 is 1.85 bits per heavy atom. The van der Waals surface area contributed by atoms with Crippen LogP contribution in [0.2, 0.25) is 0 Å². The minimum Gasteiger partial charge on any atom is -0.326 e. The van der Waals surface area contributed by atoms with Gasteiger partial charge in [0.25, 0.3) is 0 Å². The first kappa shape index (κ1) is 9.47. The fraction of sp³-hybridized carbons (Fsp3) is 1.00. The van der Waals surface area contributed by atoms with Crippen LogP contribution < -0.4 is 5.73 Å². The van der Waals surface area contributed by atoms with Crippen molar-refractivity contribution in [1.29, 1.82) is 0 Å². The number of nitrogens with two attached hydrogens (primary N) is 1. The summed E-state index contributed by atoms with van der Waals surface area (Å²) < 4.78 is 0. The Balaban J connectivity index is 1.97. The molecule has 1 aliphatic carbocycles. The van der Waals surface area contributed by atoms with Gasteiger partial charge in [0.2, 0.25) is 0 Å². The quantitative estimate of drug-likeness (QED) is 0.669. The summed E-state index contributed by atoms with van der Waals surface area (Å²) in [7, 11) is 0. The van der Waals surface area contributed by atoms with Crippen molar-refractivity contribution in [1.82, 2.24) is 4.90 Å². The van der Waals surface area contributed by atoms with Gasteiger partial charge >= 0.3 is 0 Å². The molecule has 2 rings (SSSR count). The number of hydrogen-bond donors (Lipinski definition) is 1. The summed E-state index contributed by atoms with van der Waals surface area (Å²) in [5, 5.41) is 0. The highest BCUT2D eigenvalue weighted by molar-refractivity contribution is 4.90. The van der Waals surface area contributed by atoms with E-state index in [0.717, 1.165) is 6.04 Å². The predicted molar refractivity (Wildman–Crippen MR) is 55.6 cm³/mol. The largest absolute Gasteiger partial charge is 0.326 e. The van der Waals surface area contributed by atoms with Crippen molar-refractivity contribution in [3.8, 4) is 0 Å². The first-order valence-corrected chi connectivity index (χ1v) is 5.80. The first-order valence-electron chi connectivity index (χ1n) is 5.80. The van der Waals surface area contributed by atoms with E-state index in [1.165, 1.54) is 45.1 Å². The number of likely N-dealkylation sites (tertiary alicyclic amines) is 1. The highest BCUT2D eigenvalue weighted by Crippen LogP contribution is 2.28. The summed E-state index contributed by atoms with van der Waals surface area (Å²) in [5.41, 5.74) is 6.18. The van der Waals surface area contributed by atoms with Crippen LogP contribution >= 0.6 is 0 Å². The van der Waals surface area contributed by atoms with Crippen LogP contribution in [0.5, 0.6) is 0 Å². The van der Waals surface area contributed by atoms with Crippen molar-refractivity contribution in [2.24, 2.45) is 5.73 Å². The van der Waals surface area contributed by atoms with Gasteiger partial charge in [-0.1, -0.05) is 12.8 Å². The Morgan fingerprint density at radius 3 is 2.46 bits per heavy atom. The molecule has 0 radical (unpaired) electrons. The molecule has 2 nitrogen and oxygen atoms in total. The molecule has 3 atom stereocenters. The van der Waals surface area contributed by atoms with Gasteiger partial charge in [0.15, 0.2) is 0 Å². The van der Waals surface area contributed by atoms with Gasteiger partial charge in [-0.3, -0.25) is 4.90 Å². The van der Waals surface area contributed by atoms with E-state index in [9.17, 15) is 0 Å². The summed E-state index contributed by atoms with van der Waals surface area (Å²) in [4.78, 5) is 2.66. The van der Waals surface area contributed by atoms with Gasteiger partial charge in [0.1, 0.15) is 0 Å². The van der Waals surface area contributed by atoms with Crippen LogP contribution in [-0.2, 0) is 0 Å². The molecule has 0 amide bonds. The van der Waals surface area contributed by atoms with Crippen LogP contribution in [0, 0.1) is 0 Å². The van der Waals surface area contributed by atoms with Crippen molar-refractivity contribution in [2.45, 2.75) is 63.6 Å². The normalized spacial score (nSPS) is 42.5. The van der Waals surface area contributed by atoms with Crippen molar-refractivity contribution in [2.75, 3.05) is 6.54 Å². The third kappa shape index (κ3) is 1.89. The van der Waals surface area contributed by atoms with Crippen LogP contribution in [-0.4, -0.2) is 29.6 Å². The van der Waals surface area contributed by atoms with E-state index in [1.807, 2.05) is 0 Å². The Kier molecular flexibility index (Phi) is 2.89. The minimum absolute atomic E-state index is 0.453. The maximum absolute atomic E-state index is 6.18. The Bertz CT molecular complexity index is 169. The maximum atomic E-state index is 6.18. The molecule has 0 aromatic heterocycles. The van der Waals surface area contributed by atoms with Crippen molar-refractivity contribution in [3.05, 3.63) is 0 Å². The van der Waals surface area contributed by atoms with E-state index >= 15 is 0 Å². The summed E-state index contributed by atoms with van der Waals surface area (Å²) >= 11 is 0. The van der Waals surface area contributed by atoms with E-state index in [4.69, 9.17) is 5.73 Å². The molecule has 2 aliphatic rings. The molecular weight excluding hydrogens is 160 g/mol. The SMILES string of the molecule is CC1CCCN1[C@@H]1CCCC[C@H]1N. The standard InChI is InChI=1S/C11H22N2/c1-9-5-4-8-13(9)11-7-3-2-6-10(11)12/h9-11H,2-8,12H2,1H3/t9?,10-,11-/m1/s1. The molecule has 1 heterocycles. The highest BCUT2D eigenvalue weighted by atomic mass is 15.2. The van der Waals surface area contributed by atoms with E-state index in [1.54, 1.807) is 0 Å². The van der Waals surface area contributed by atoms with Gasteiger partial charge in [-0.25, -0.2) is 0 Å². The lowest BCUT2D eigenvalue weighted by molar-refractivity contribution is 0.132. The lowest BCUT2D eigenvalue weighted by Crippen LogP contribution is -2.50. The van der Waals surface area contributed by atoms with Gasteiger partial charge in [-0.2, -0.15) is 0 Å². The third-order valence-corrected chi connectivity index (χ3v) is 3.81.